The smallest absolute Gasteiger partial charge is 0.245 e. The van der Waals surface area contributed by atoms with Gasteiger partial charge in [0, 0.05) is 30.3 Å². The monoisotopic (exact) mass is 385 g/mol. The number of hydrazone groups is 1. The van der Waals surface area contributed by atoms with Crippen LogP contribution in [0.15, 0.2) is 47.6 Å². The van der Waals surface area contributed by atoms with Gasteiger partial charge in [-0.1, -0.05) is 0 Å². The first-order valence-corrected chi connectivity index (χ1v) is 8.62. The average molecular weight is 385 g/mol. The van der Waals surface area contributed by atoms with Gasteiger partial charge in [0.15, 0.2) is 0 Å². The summed E-state index contributed by atoms with van der Waals surface area (Å²) in [4.78, 5) is 26.0. The Hall–Kier alpha value is -3.42. The minimum Gasteiger partial charge on any atom is -0.497 e. The van der Waals surface area contributed by atoms with Crippen LogP contribution < -0.4 is 19.8 Å². The Kier molecular flexibility index (Phi) is 5.88. The van der Waals surface area contributed by atoms with Crippen LogP contribution in [0.3, 0.4) is 0 Å². The largest absolute Gasteiger partial charge is 0.497 e. The summed E-state index contributed by atoms with van der Waals surface area (Å²) in [5, 5.41) is 3.96. The first-order chi connectivity index (χ1) is 13.5. The number of hydrogen-bond donors (Lipinski definition) is 1. The van der Waals surface area contributed by atoms with E-state index in [1.165, 1.54) is 42.5 Å². The van der Waals surface area contributed by atoms with Gasteiger partial charge in [0.25, 0.3) is 0 Å². The third-order valence-electron chi connectivity index (χ3n) is 4.45. The minimum atomic E-state index is -0.535. The molecule has 0 bridgehead atoms. The van der Waals surface area contributed by atoms with E-state index in [0.717, 1.165) is 0 Å². The van der Waals surface area contributed by atoms with E-state index in [4.69, 9.17) is 9.47 Å². The van der Waals surface area contributed by atoms with E-state index < -0.39 is 5.92 Å². The van der Waals surface area contributed by atoms with Crippen LogP contribution >= 0.6 is 0 Å². The zero-order valence-electron chi connectivity index (χ0n) is 15.5. The Labute approximate surface area is 161 Å². The number of anilines is 1. The fraction of sp³-hybridized carbons (Fsp3) is 0.250. The van der Waals surface area contributed by atoms with E-state index >= 15 is 0 Å². The summed E-state index contributed by atoms with van der Waals surface area (Å²) in [6, 6.07) is 10.8. The Bertz CT molecular complexity index is 899. The van der Waals surface area contributed by atoms with Crippen molar-refractivity contribution in [2.45, 2.75) is 6.42 Å². The number of carbonyl (C=O) groups is 2. The van der Waals surface area contributed by atoms with Crippen LogP contribution in [0.25, 0.3) is 0 Å². The Morgan fingerprint density at radius 2 is 1.96 bits per heavy atom. The van der Waals surface area contributed by atoms with Crippen molar-refractivity contribution >= 4 is 23.7 Å². The Morgan fingerprint density at radius 1 is 1.21 bits per heavy atom. The fourth-order valence-electron chi connectivity index (χ4n) is 2.94. The number of nitrogens with one attached hydrogen (secondary N) is 1. The molecule has 8 heteroatoms. The molecule has 2 amide bonds. The number of carbonyl (C=O) groups excluding carboxylic acids is 2. The highest BCUT2D eigenvalue weighted by Gasteiger charge is 2.35. The lowest BCUT2D eigenvalue weighted by atomic mass is 10.1. The summed E-state index contributed by atoms with van der Waals surface area (Å²) in [5.41, 5.74) is 3.69. The average Bonchev–Trinajstić information content (AvgIpc) is 3.10. The maximum Gasteiger partial charge on any atom is 0.245 e. The molecule has 0 saturated carbocycles. The fourth-order valence-corrected chi connectivity index (χ4v) is 2.94. The van der Waals surface area contributed by atoms with Crippen molar-refractivity contribution in [1.82, 2.24) is 5.43 Å². The van der Waals surface area contributed by atoms with Crippen LogP contribution in [0.4, 0.5) is 10.1 Å². The maximum atomic E-state index is 13.1. The molecule has 0 aromatic heterocycles. The number of benzene rings is 2. The van der Waals surface area contributed by atoms with E-state index in [9.17, 15) is 14.0 Å². The van der Waals surface area contributed by atoms with Crippen molar-refractivity contribution in [3.8, 4) is 11.5 Å². The Balaban J connectivity index is 1.62. The predicted octanol–water partition coefficient (Wildman–Crippen LogP) is 2.35. The van der Waals surface area contributed by atoms with Gasteiger partial charge in [-0.25, -0.2) is 9.82 Å². The third kappa shape index (κ3) is 4.28. The number of rotatable bonds is 6. The second-order valence-corrected chi connectivity index (χ2v) is 6.22. The van der Waals surface area contributed by atoms with Gasteiger partial charge in [0.05, 0.1) is 26.4 Å². The number of hydrogen-bond acceptors (Lipinski definition) is 5. The number of halogens is 1. The topological polar surface area (TPSA) is 80.2 Å². The van der Waals surface area contributed by atoms with Crippen LogP contribution in [0.1, 0.15) is 12.0 Å². The van der Waals surface area contributed by atoms with E-state index in [-0.39, 0.29) is 30.6 Å². The van der Waals surface area contributed by atoms with Crippen LogP contribution in [-0.4, -0.2) is 38.8 Å². The van der Waals surface area contributed by atoms with Crippen molar-refractivity contribution < 1.29 is 23.5 Å². The summed E-state index contributed by atoms with van der Waals surface area (Å²) < 4.78 is 23.5. The lowest BCUT2D eigenvalue weighted by Gasteiger charge is -2.16. The van der Waals surface area contributed by atoms with Crippen LogP contribution in [0, 0.1) is 11.7 Å². The molecular formula is C20H20FN3O4. The van der Waals surface area contributed by atoms with E-state index in [1.807, 2.05) is 0 Å². The molecule has 2 aromatic carbocycles. The zero-order chi connectivity index (χ0) is 20.1. The zero-order valence-corrected chi connectivity index (χ0v) is 15.5. The molecule has 1 N–H and O–H groups in total. The third-order valence-corrected chi connectivity index (χ3v) is 4.45. The molecule has 1 fully saturated rings. The van der Waals surface area contributed by atoms with Crippen molar-refractivity contribution in [2.75, 3.05) is 25.7 Å². The molecule has 3 rings (SSSR count). The quantitative estimate of drug-likeness (QED) is 0.611. The highest BCUT2D eigenvalue weighted by molar-refractivity contribution is 6.00. The highest BCUT2D eigenvalue weighted by atomic mass is 19.1. The normalized spacial score (nSPS) is 16.5. The van der Waals surface area contributed by atoms with Crippen LogP contribution in [0.2, 0.25) is 0 Å². The van der Waals surface area contributed by atoms with Gasteiger partial charge >= 0.3 is 0 Å². The molecule has 0 radical (unpaired) electrons. The molecule has 1 heterocycles. The summed E-state index contributed by atoms with van der Waals surface area (Å²) in [5.74, 6) is -0.269. The van der Waals surface area contributed by atoms with Crippen molar-refractivity contribution in [1.29, 1.82) is 0 Å². The van der Waals surface area contributed by atoms with E-state index in [2.05, 4.69) is 10.5 Å². The number of amides is 2. The van der Waals surface area contributed by atoms with Gasteiger partial charge in [-0.05, 0) is 36.4 Å². The second kappa shape index (κ2) is 8.51. The minimum absolute atomic E-state index is 0.0740. The molecule has 146 valence electrons. The first kappa shape index (κ1) is 19.3. The van der Waals surface area contributed by atoms with Gasteiger partial charge < -0.3 is 14.4 Å². The standard InChI is InChI=1S/C20H20FN3O4/c1-27-17-8-3-13(18(10-17)28-2)11-22-23-20(26)14-9-19(25)24(12-14)16-6-4-15(21)5-7-16/h3-8,10-11,14H,9,12H2,1-2H3,(H,23,26)/b22-11-/t14-/m0/s1. The molecular weight excluding hydrogens is 365 g/mol. The number of ether oxygens (including phenoxy) is 2. The molecule has 1 saturated heterocycles. The predicted molar refractivity (Wildman–Crippen MR) is 102 cm³/mol. The number of nitrogens with zero attached hydrogens (tertiary/aromatic N) is 2. The van der Waals surface area contributed by atoms with Crippen molar-refractivity contribution in [2.24, 2.45) is 11.0 Å². The Morgan fingerprint density at radius 3 is 2.64 bits per heavy atom. The molecule has 2 aromatic rings. The van der Waals surface area contributed by atoms with Crippen LogP contribution in [0.5, 0.6) is 11.5 Å². The molecule has 7 nitrogen and oxygen atoms in total. The summed E-state index contributed by atoms with van der Waals surface area (Å²) in [6.07, 6.45) is 1.54. The number of methoxy groups -OCH3 is 2. The van der Waals surface area contributed by atoms with Gasteiger partial charge in [0.2, 0.25) is 11.8 Å². The SMILES string of the molecule is COc1ccc(/C=N\NC(=O)[C@H]2CC(=O)N(c3ccc(F)cc3)C2)c(OC)c1. The molecule has 1 atom stereocenters. The second-order valence-electron chi connectivity index (χ2n) is 6.22. The highest BCUT2D eigenvalue weighted by Crippen LogP contribution is 2.26. The van der Waals surface area contributed by atoms with Gasteiger partial charge in [-0.15, -0.1) is 0 Å². The molecule has 0 unspecified atom stereocenters. The summed E-state index contributed by atoms with van der Waals surface area (Å²) in [7, 11) is 3.08. The maximum absolute atomic E-state index is 13.1. The molecule has 1 aliphatic rings. The van der Waals surface area contributed by atoms with E-state index in [1.54, 1.807) is 25.3 Å². The van der Waals surface area contributed by atoms with Gasteiger partial charge in [0.1, 0.15) is 17.3 Å². The lowest BCUT2D eigenvalue weighted by molar-refractivity contribution is -0.126. The molecule has 0 aliphatic carbocycles. The first-order valence-electron chi connectivity index (χ1n) is 8.62. The molecule has 1 aliphatic heterocycles. The van der Waals surface area contributed by atoms with Crippen molar-refractivity contribution in [3.63, 3.8) is 0 Å². The van der Waals surface area contributed by atoms with Crippen molar-refractivity contribution in [3.05, 3.63) is 53.8 Å². The summed E-state index contributed by atoms with van der Waals surface area (Å²) >= 11 is 0. The molecule has 0 spiro atoms. The lowest BCUT2D eigenvalue weighted by Crippen LogP contribution is -2.30. The summed E-state index contributed by atoms with van der Waals surface area (Å²) in [6.45, 7) is 0.220. The van der Waals surface area contributed by atoms with Gasteiger partial charge in [-0.2, -0.15) is 5.10 Å². The van der Waals surface area contributed by atoms with Crippen LogP contribution in [-0.2, 0) is 9.59 Å². The van der Waals surface area contributed by atoms with E-state index in [0.29, 0.717) is 22.7 Å². The van der Waals surface area contributed by atoms with Gasteiger partial charge in [-0.3, -0.25) is 9.59 Å². The molecule has 28 heavy (non-hydrogen) atoms.